The van der Waals surface area contributed by atoms with Gasteiger partial charge in [-0.05, 0) is 25.7 Å². The fraction of sp³-hybridized carbons (Fsp3) is 0.625. The molecule has 0 aliphatic carbocycles. The Hall–Kier alpha value is -3.42. The number of hydrogen-bond donors (Lipinski definition) is 8. The molecule has 30 heavy (non-hydrogen) atoms. The van der Waals surface area contributed by atoms with E-state index in [1.165, 1.54) is 0 Å². The Balaban J connectivity index is 5.14. The van der Waals surface area contributed by atoms with E-state index in [9.17, 15) is 29.1 Å². The molecule has 14 nitrogen and oxygen atoms in total. The fourth-order valence-corrected chi connectivity index (χ4v) is 2.30. The van der Waals surface area contributed by atoms with E-state index in [-0.39, 0.29) is 51.0 Å². The molecule has 0 aromatic heterocycles. The van der Waals surface area contributed by atoms with Crippen molar-refractivity contribution in [2.75, 3.05) is 6.54 Å². The van der Waals surface area contributed by atoms with Gasteiger partial charge in [0.2, 0.25) is 23.6 Å². The van der Waals surface area contributed by atoms with Crippen LogP contribution in [0.5, 0.6) is 0 Å². The van der Waals surface area contributed by atoms with Crippen LogP contribution in [0.1, 0.15) is 38.5 Å². The van der Waals surface area contributed by atoms with Gasteiger partial charge in [-0.2, -0.15) is 0 Å². The van der Waals surface area contributed by atoms with Gasteiger partial charge in [0.05, 0.1) is 6.04 Å². The van der Waals surface area contributed by atoms with E-state index in [1.807, 2.05) is 0 Å². The lowest BCUT2D eigenvalue weighted by Gasteiger charge is -2.22. The number of guanidine groups is 1. The maximum atomic E-state index is 12.5. The van der Waals surface area contributed by atoms with Gasteiger partial charge in [-0.15, -0.1) is 0 Å². The highest BCUT2D eigenvalue weighted by Gasteiger charge is 2.28. The number of carboxylic acids is 1. The lowest BCUT2D eigenvalue weighted by Crippen LogP contribution is -2.54. The number of nitrogens with two attached hydrogens (primary N) is 5. The highest BCUT2D eigenvalue weighted by molar-refractivity contribution is 5.92. The summed E-state index contributed by atoms with van der Waals surface area (Å²) in [4.78, 5) is 61.6. The summed E-state index contributed by atoms with van der Waals surface area (Å²) in [6.07, 6.45) is -0.269. The van der Waals surface area contributed by atoms with Gasteiger partial charge < -0.3 is 44.4 Å². The summed E-state index contributed by atoms with van der Waals surface area (Å²) in [5, 5.41) is 13.9. The molecule has 0 aromatic rings. The first-order valence-electron chi connectivity index (χ1n) is 9.15. The summed E-state index contributed by atoms with van der Waals surface area (Å²) in [7, 11) is 0. The molecule has 0 aliphatic rings. The molecule has 0 radical (unpaired) electrons. The van der Waals surface area contributed by atoms with Crippen molar-refractivity contribution in [3.05, 3.63) is 0 Å². The summed E-state index contributed by atoms with van der Waals surface area (Å²) < 4.78 is 0. The minimum Gasteiger partial charge on any atom is -0.480 e. The summed E-state index contributed by atoms with van der Waals surface area (Å²) in [5.74, 6) is -4.39. The molecular formula is C16H30N8O6. The molecule has 14 heteroatoms. The first-order chi connectivity index (χ1) is 13.9. The smallest absolute Gasteiger partial charge is 0.326 e. The van der Waals surface area contributed by atoms with Crippen molar-refractivity contribution >= 4 is 35.6 Å². The zero-order valence-electron chi connectivity index (χ0n) is 16.5. The Morgan fingerprint density at radius 1 is 0.800 bits per heavy atom. The molecule has 0 fully saturated rings. The summed E-state index contributed by atoms with van der Waals surface area (Å²) >= 11 is 0. The molecule has 0 rings (SSSR count). The maximum Gasteiger partial charge on any atom is 0.326 e. The zero-order valence-corrected chi connectivity index (χ0v) is 16.5. The van der Waals surface area contributed by atoms with E-state index in [0.29, 0.717) is 0 Å². The van der Waals surface area contributed by atoms with Crippen LogP contribution in [0.2, 0.25) is 0 Å². The second-order valence-corrected chi connectivity index (χ2v) is 6.53. The van der Waals surface area contributed by atoms with Crippen LogP contribution < -0.4 is 39.3 Å². The van der Waals surface area contributed by atoms with Gasteiger partial charge >= 0.3 is 5.97 Å². The number of carbonyl (C=O) groups is 5. The minimum absolute atomic E-state index is 0.0279. The molecule has 0 aliphatic heterocycles. The number of aliphatic carboxylic acids is 1. The van der Waals surface area contributed by atoms with Crippen molar-refractivity contribution in [2.45, 2.75) is 56.7 Å². The third kappa shape index (κ3) is 12.1. The maximum absolute atomic E-state index is 12.5. The van der Waals surface area contributed by atoms with Crippen molar-refractivity contribution in [1.29, 1.82) is 0 Å². The number of nitrogens with zero attached hydrogens (tertiary/aromatic N) is 1. The van der Waals surface area contributed by atoms with Crippen LogP contribution in [0.15, 0.2) is 4.99 Å². The SMILES string of the molecule is NC(=O)CC[C@H](NC(=O)[C@H](CCCN=C(N)N)NC(=O)[C@@H](N)CCC(N)=O)C(=O)O. The van der Waals surface area contributed by atoms with Crippen molar-refractivity contribution < 1.29 is 29.1 Å². The minimum atomic E-state index is -1.38. The molecule has 0 saturated heterocycles. The van der Waals surface area contributed by atoms with Crippen LogP contribution >= 0.6 is 0 Å². The Bertz CT molecular complexity index is 664. The quantitative estimate of drug-likeness (QED) is 0.0711. The Kier molecular flexibility index (Phi) is 12.1. The van der Waals surface area contributed by atoms with E-state index >= 15 is 0 Å². The molecule has 0 saturated carbocycles. The highest BCUT2D eigenvalue weighted by atomic mass is 16.4. The number of hydrogen-bond acceptors (Lipinski definition) is 7. The molecular weight excluding hydrogens is 400 g/mol. The molecule has 0 heterocycles. The summed E-state index contributed by atoms with van der Waals surface area (Å²) in [6.45, 7) is 0.166. The van der Waals surface area contributed by atoms with Gasteiger partial charge in [0.25, 0.3) is 0 Å². The molecule has 170 valence electrons. The Labute approximate surface area is 173 Å². The standard InChI is InChI=1S/C16H30N8O6/c17-8(3-5-11(18)25)13(27)23-9(2-1-7-22-16(20)21)14(28)24-10(15(29)30)4-6-12(19)26/h8-10H,1-7,17H2,(H2,18,25)(H2,19,26)(H,23,27)(H,24,28)(H,29,30)(H4,20,21,22)/t8-,9-,10-/m0/s1. The Morgan fingerprint density at radius 3 is 1.83 bits per heavy atom. The number of primary amides is 2. The largest absolute Gasteiger partial charge is 0.480 e. The van der Waals surface area contributed by atoms with Gasteiger partial charge in [-0.3, -0.25) is 24.2 Å². The van der Waals surface area contributed by atoms with Gasteiger partial charge in [-0.1, -0.05) is 0 Å². The van der Waals surface area contributed by atoms with Crippen LogP contribution in [0.4, 0.5) is 0 Å². The first kappa shape index (κ1) is 26.6. The lowest BCUT2D eigenvalue weighted by atomic mass is 10.1. The molecule has 13 N–H and O–H groups in total. The van der Waals surface area contributed by atoms with E-state index in [4.69, 9.17) is 28.7 Å². The number of aliphatic imine (C=N–C) groups is 1. The lowest BCUT2D eigenvalue weighted by molar-refractivity contribution is -0.142. The molecule has 0 spiro atoms. The molecule has 3 atom stereocenters. The topological polar surface area (TPSA) is 272 Å². The predicted molar refractivity (Wildman–Crippen MR) is 106 cm³/mol. The summed E-state index contributed by atoms with van der Waals surface area (Å²) in [6, 6.07) is -3.64. The van der Waals surface area contributed by atoms with Crippen LogP contribution in [-0.2, 0) is 24.0 Å². The van der Waals surface area contributed by atoms with E-state index in [1.54, 1.807) is 0 Å². The third-order valence-corrected chi connectivity index (χ3v) is 3.91. The van der Waals surface area contributed by atoms with Crippen molar-refractivity contribution in [3.8, 4) is 0 Å². The second kappa shape index (κ2) is 13.7. The number of carbonyl (C=O) groups excluding carboxylic acids is 4. The fourth-order valence-electron chi connectivity index (χ4n) is 2.30. The molecule has 0 bridgehead atoms. The van der Waals surface area contributed by atoms with Crippen molar-refractivity contribution in [3.63, 3.8) is 0 Å². The first-order valence-corrected chi connectivity index (χ1v) is 9.15. The summed E-state index contributed by atoms with van der Waals surface area (Å²) in [5.41, 5.74) is 26.2. The zero-order chi connectivity index (χ0) is 23.3. The van der Waals surface area contributed by atoms with Crippen molar-refractivity contribution in [2.24, 2.45) is 33.7 Å². The van der Waals surface area contributed by atoms with E-state index in [0.717, 1.165) is 0 Å². The number of nitrogens with one attached hydrogen (secondary N) is 2. The number of amides is 4. The highest BCUT2D eigenvalue weighted by Crippen LogP contribution is 2.04. The van der Waals surface area contributed by atoms with Crippen molar-refractivity contribution in [1.82, 2.24) is 10.6 Å². The van der Waals surface area contributed by atoms with Crippen LogP contribution in [0.25, 0.3) is 0 Å². The third-order valence-electron chi connectivity index (χ3n) is 3.91. The van der Waals surface area contributed by atoms with E-state index < -0.39 is 47.7 Å². The normalized spacial score (nSPS) is 13.4. The monoisotopic (exact) mass is 430 g/mol. The van der Waals surface area contributed by atoms with Crippen LogP contribution in [0.3, 0.4) is 0 Å². The van der Waals surface area contributed by atoms with Gasteiger partial charge in [-0.25, -0.2) is 4.79 Å². The molecule has 4 amide bonds. The molecule has 0 unspecified atom stereocenters. The average molecular weight is 430 g/mol. The van der Waals surface area contributed by atoms with E-state index in [2.05, 4.69) is 15.6 Å². The molecule has 0 aromatic carbocycles. The number of carboxylic acid groups (broad SMARTS) is 1. The Morgan fingerprint density at radius 2 is 1.33 bits per heavy atom. The number of rotatable bonds is 15. The van der Waals surface area contributed by atoms with Crippen LogP contribution in [0, 0.1) is 0 Å². The second-order valence-electron chi connectivity index (χ2n) is 6.53. The van der Waals surface area contributed by atoms with Gasteiger partial charge in [0.1, 0.15) is 12.1 Å². The van der Waals surface area contributed by atoms with Crippen LogP contribution in [-0.4, -0.2) is 65.3 Å². The van der Waals surface area contributed by atoms with Gasteiger partial charge in [0, 0.05) is 19.4 Å². The van der Waals surface area contributed by atoms with Gasteiger partial charge in [0.15, 0.2) is 5.96 Å². The average Bonchev–Trinajstić information content (AvgIpc) is 2.64. The predicted octanol–water partition coefficient (Wildman–Crippen LogP) is -4.05.